The molecule has 0 atom stereocenters. The molecule has 0 amide bonds. The van der Waals surface area contributed by atoms with Gasteiger partial charge in [0.15, 0.2) is 0 Å². The Bertz CT molecular complexity index is 274. The maximum Gasteiger partial charge on any atom is 0.402 e. The first-order chi connectivity index (χ1) is 6.70. The van der Waals surface area contributed by atoms with Gasteiger partial charge in [-0.05, 0) is 0 Å². The third kappa shape index (κ3) is 7.50. The normalized spacial score (nSPS) is 13.5. The molecular weight excluding hydrogens is 241 g/mol. The Kier molecular flexibility index (Phi) is 5.45. The van der Waals surface area contributed by atoms with Crippen molar-refractivity contribution in [2.75, 3.05) is 19.8 Å². The van der Waals surface area contributed by atoms with Crippen LogP contribution in [0, 0.1) is 0 Å². The van der Waals surface area contributed by atoms with Crippen LogP contribution in [0.3, 0.4) is 0 Å². The molecule has 0 aromatic carbocycles. The van der Waals surface area contributed by atoms with Crippen LogP contribution in [0.1, 0.15) is 0 Å². The summed E-state index contributed by atoms with van der Waals surface area (Å²) in [6.07, 6.45) is -4.66. The van der Waals surface area contributed by atoms with E-state index in [0.29, 0.717) is 0 Å². The standard InChI is InChI=1S/C5H11F3N2O4S/c6-5(7,8)3-9-15(13,14)10-4(1-11)2-12/h4,9-12H,1-3H2. The zero-order valence-corrected chi connectivity index (χ0v) is 8.27. The third-order valence-corrected chi connectivity index (χ3v) is 2.39. The maximum absolute atomic E-state index is 11.6. The number of hydrogen-bond acceptors (Lipinski definition) is 4. The van der Waals surface area contributed by atoms with E-state index in [4.69, 9.17) is 10.2 Å². The highest BCUT2D eigenvalue weighted by molar-refractivity contribution is 7.87. The van der Waals surface area contributed by atoms with Gasteiger partial charge in [-0.2, -0.15) is 31.0 Å². The fourth-order valence-corrected chi connectivity index (χ4v) is 1.60. The van der Waals surface area contributed by atoms with Crippen molar-refractivity contribution >= 4 is 10.2 Å². The minimum Gasteiger partial charge on any atom is -0.395 e. The lowest BCUT2D eigenvalue weighted by Crippen LogP contribution is -2.48. The van der Waals surface area contributed by atoms with Crippen molar-refractivity contribution in [3.63, 3.8) is 0 Å². The van der Waals surface area contributed by atoms with Crippen molar-refractivity contribution in [2.24, 2.45) is 0 Å². The minimum atomic E-state index is -4.66. The molecule has 0 unspecified atom stereocenters. The number of hydrogen-bond donors (Lipinski definition) is 4. The number of aliphatic hydroxyl groups excluding tert-OH is 2. The van der Waals surface area contributed by atoms with Crippen molar-refractivity contribution in [2.45, 2.75) is 12.2 Å². The molecule has 15 heavy (non-hydrogen) atoms. The molecule has 92 valence electrons. The van der Waals surface area contributed by atoms with Crippen molar-refractivity contribution in [3.05, 3.63) is 0 Å². The molecule has 4 N–H and O–H groups in total. The molecule has 6 nitrogen and oxygen atoms in total. The van der Waals surface area contributed by atoms with E-state index >= 15 is 0 Å². The van der Waals surface area contributed by atoms with Gasteiger partial charge in [-0.1, -0.05) is 0 Å². The quantitative estimate of drug-likeness (QED) is 0.454. The molecule has 0 aromatic rings. The SMILES string of the molecule is O=S(=O)(NCC(F)(F)F)NC(CO)CO. The van der Waals surface area contributed by atoms with Gasteiger partial charge >= 0.3 is 6.18 Å². The first-order valence-electron chi connectivity index (χ1n) is 3.75. The summed E-state index contributed by atoms with van der Waals surface area (Å²) in [6, 6.07) is -1.23. The fourth-order valence-electron chi connectivity index (χ4n) is 0.570. The topological polar surface area (TPSA) is 98.7 Å². The van der Waals surface area contributed by atoms with Gasteiger partial charge in [0, 0.05) is 0 Å². The van der Waals surface area contributed by atoms with Crippen LogP contribution in [0.5, 0.6) is 0 Å². The third-order valence-electron chi connectivity index (χ3n) is 1.23. The summed E-state index contributed by atoms with van der Waals surface area (Å²) in [5.41, 5.74) is 0. The van der Waals surface area contributed by atoms with Crippen molar-refractivity contribution in [1.82, 2.24) is 9.44 Å². The number of nitrogens with one attached hydrogen (secondary N) is 2. The summed E-state index contributed by atoms with van der Waals surface area (Å²) in [5, 5.41) is 17.0. The monoisotopic (exact) mass is 252 g/mol. The number of alkyl halides is 3. The smallest absolute Gasteiger partial charge is 0.395 e. The molecule has 0 aliphatic rings. The van der Waals surface area contributed by atoms with E-state index in [0.717, 1.165) is 0 Å². The van der Waals surface area contributed by atoms with Crippen molar-refractivity contribution < 1.29 is 31.8 Å². The van der Waals surface area contributed by atoms with E-state index < -0.39 is 42.2 Å². The zero-order chi connectivity index (χ0) is 12.1. The lowest BCUT2D eigenvalue weighted by Gasteiger charge is -2.14. The molecule has 0 spiro atoms. The lowest BCUT2D eigenvalue weighted by atomic mass is 10.4. The maximum atomic E-state index is 11.6. The molecule has 0 aliphatic heterocycles. The Morgan fingerprint density at radius 1 is 1.20 bits per heavy atom. The molecule has 0 rings (SSSR count). The van der Waals surface area contributed by atoms with Gasteiger partial charge in [0.25, 0.3) is 10.2 Å². The van der Waals surface area contributed by atoms with Gasteiger partial charge in [0.05, 0.1) is 19.3 Å². The average molecular weight is 252 g/mol. The number of aliphatic hydroxyl groups is 2. The van der Waals surface area contributed by atoms with Crippen molar-refractivity contribution in [3.8, 4) is 0 Å². The van der Waals surface area contributed by atoms with E-state index in [1.165, 1.54) is 4.72 Å². The Morgan fingerprint density at radius 3 is 2.00 bits per heavy atom. The van der Waals surface area contributed by atoms with Crippen LogP contribution in [-0.4, -0.2) is 50.6 Å². The van der Waals surface area contributed by atoms with E-state index in [1.54, 1.807) is 4.72 Å². The second-order valence-corrected chi connectivity index (χ2v) is 4.15. The Morgan fingerprint density at radius 2 is 1.67 bits per heavy atom. The van der Waals surface area contributed by atoms with Gasteiger partial charge in [0.2, 0.25) is 0 Å². The molecule has 0 aromatic heterocycles. The summed E-state index contributed by atoms with van der Waals surface area (Å²) in [5.74, 6) is 0. The second-order valence-electron chi connectivity index (χ2n) is 2.62. The average Bonchev–Trinajstić information content (AvgIpc) is 2.10. The highest BCUT2D eigenvalue weighted by atomic mass is 32.2. The predicted octanol–water partition coefficient (Wildman–Crippen LogP) is -1.67. The van der Waals surface area contributed by atoms with Gasteiger partial charge in [0.1, 0.15) is 6.54 Å². The highest BCUT2D eigenvalue weighted by Crippen LogP contribution is 2.12. The summed E-state index contributed by atoms with van der Waals surface area (Å²) in [7, 11) is -4.38. The van der Waals surface area contributed by atoms with Gasteiger partial charge in [-0.15, -0.1) is 0 Å². The first-order valence-corrected chi connectivity index (χ1v) is 5.24. The van der Waals surface area contributed by atoms with Gasteiger partial charge in [-0.3, -0.25) is 0 Å². The molecule has 10 heteroatoms. The summed E-state index contributed by atoms with van der Waals surface area (Å²) in [4.78, 5) is 0. The molecule has 0 fully saturated rings. The minimum absolute atomic E-state index is 0.719. The summed E-state index contributed by atoms with van der Waals surface area (Å²) in [6.45, 7) is -3.15. The molecule has 0 saturated carbocycles. The number of rotatable bonds is 6. The lowest BCUT2D eigenvalue weighted by molar-refractivity contribution is -0.121. The summed E-state index contributed by atoms with van der Waals surface area (Å²) >= 11 is 0. The number of halogens is 3. The molecule has 0 heterocycles. The Labute approximate surface area is 84.3 Å². The first kappa shape index (κ1) is 14.6. The predicted molar refractivity (Wildman–Crippen MR) is 44.1 cm³/mol. The van der Waals surface area contributed by atoms with Crippen LogP contribution < -0.4 is 9.44 Å². The van der Waals surface area contributed by atoms with Crippen LogP contribution in [0.4, 0.5) is 13.2 Å². The van der Waals surface area contributed by atoms with Crippen LogP contribution in [0.25, 0.3) is 0 Å². The van der Waals surface area contributed by atoms with Crippen LogP contribution in [-0.2, 0) is 10.2 Å². The van der Waals surface area contributed by atoms with Crippen LogP contribution in [0.2, 0.25) is 0 Å². The molecular formula is C5H11F3N2O4S. The largest absolute Gasteiger partial charge is 0.402 e. The highest BCUT2D eigenvalue weighted by Gasteiger charge is 2.30. The van der Waals surface area contributed by atoms with E-state index in [9.17, 15) is 21.6 Å². The fraction of sp³-hybridized carbons (Fsp3) is 1.00. The van der Waals surface area contributed by atoms with E-state index in [1.807, 2.05) is 0 Å². The van der Waals surface area contributed by atoms with Gasteiger partial charge in [-0.25, -0.2) is 0 Å². The molecule has 0 bridgehead atoms. The molecule has 0 aliphatic carbocycles. The second kappa shape index (κ2) is 5.61. The van der Waals surface area contributed by atoms with Crippen molar-refractivity contribution in [1.29, 1.82) is 0 Å². The Balaban J connectivity index is 4.20. The molecule has 0 radical (unpaired) electrons. The zero-order valence-electron chi connectivity index (χ0n) is 7.45. The van der Waals surface area contributed by atoms with Gasteiger partial charge < -0.3 is 10.2 Å². The Hall–Kier alpha value is -0.420. The van der Waals surface area contributed by atoms with Crippen LogP contribution in [0.15, 0.2) is 0 Å². The van der Waals surface area contributed by atoms with Crippen LogP contribution >= 0.6 is 0 Å². The summed E-state index contributed by atoms with van der Waals surface area (Å²) < 4.78 is 59.5. The van der Waals surface area contributed by atoms with E-state index in [2.05, 4.69) is 0 Å². The molecule has 0 saturated heterocycles. The van der Waals surface area contributed by atoms with E-state index in [-0.39, 0.29) is 0 Å².